The van der Waals surface area contributed by atoms with E-state index in [0.29, 0.717) is 0 Å². The van der Waals surface area contributed by atoms with Crippen molar-refractivity contribution in [3.05, 3.63) is 211 Å². The second kappa shape index (κ2) is 12.8. The fraction of sp³-hybridized carbons (Fsp3) is 0.0545. The number of aromatic nitrogens is 3. The van der Waals surface area contributed by atoms with Gasteiger partial charge in [-0.15, -0.1) is 0 Å². The maximum atomic E-state index is 5.78. The Hall–Kier alpha value is -6.82. The van der Waals surface area contributed by atoms with Crippen LogP contribution in [-0.2, 0) is 5.41 Å². The Kier molecular flexibility index (Phi) is 7.45. The van der Waals surface area contributed by atoms with Gasteiger partial charge in [-0.3, -0.25) is 0 Å². The standard InChI is InChI=1S/C55H39GeN3/c1-55(2)45-27-15-12-25-43(45)49-46(55)35-34-42-41-24-14-17-29-48(41)59(52(42)49)40-32-30-37(31-33-40)54-57-51(36-18-6-3-7-19-36)50-44-26-13-16-28-47(44)56(53(50)58-54,38-20-8-4-9-21-38)39-22-10-5-11-23-39/h3-35H,1-2H3. The Morgan fingerprint density at radius 1 is 0.458 bits per heavy atom. The van der Waals surface area contributed by atoms with Crippen LogP contribution in [0.15, 0.2) is 200 Å². The van der Waals surface area contributed by atoms with E-state index in [1.807, 2.05) is 0 Å². The molecule has 0 unspecified atom stereocenters. The predicted molar refractivity (Wildman–Crippen MR) is 247 cm³/mol. The Labute approximate surface area is 346 Å². The zero-order chi connectivity index (χ0) is 39.3. The molecule has 0 saturated heterocycles. The summed E-state index contributed by atoms with van der Waals surface area (Å²) in [5, 5.41) is 2.53. The van der Waals surface area contributed by atoms with Crippen LogP contribution in [-0.4, -0.2) is 27.8 Å². The molecule has 1 aliphatic carbocycles. The van der Waals surface area contributed by atoms with Crippen molar-refractivity contribution in [2.45, 2.75) is 19.3 Å². The fourth-order valence-corrected chi connectivity index (χ4v) is 21.0. The zero-order valence-corrected chi connectivity index (χ0v) is 35.0. The summed E-state index contributed by atoms with van der Waals surface area (Å²) in [4.78, 5) is 11.3. The van der Waals surface area contributed by atoms with Crippen molar-refractivity contribution >= 4 is 52.8 Å². The molecule has 3 heterocycles. The van der Waals surface area contributed by atoms with Gasteiger partial charge in [0.05, 0.1) is 0 Å². The van der Waals surface area contributed by atoms with Gasteiger partial charge < -0.3 is 0 Å². The molecule has 2 aromatic heterocycles. The maximum absolute atomic E-state index is 5.78. The van der Waals surface area contributed by atoms with Crippen molar-refractivity contribution in [2.24, 2.45) is 0 Å². The second-order valence-corrected chi connectivity index (χ2v) is 24.2. The van der Waals surface area contributed by atoms with Crippen LogP contribution in [0, 0.1) is 0 Å². The Morgan fingerprint density at radius 2 is 1.07 bits per heavy atom. The average Bonchev–Trinajstić information content (AvgIpc) is 3.88. The normalized spacial score (nSPS) is 14.2. The van der Waals surface area contributed by atoms with Crippen LogP contribution in [0.4, 0.5) is 0 Å². The van der Waals surface area contributed by atoms with E-state index in [9.17, 15) is 0 Å². The first kappa shape index (κ1) is 34.2. The van der Waals surface area contributed by atoms with Crippen LogP contribution in [0.3, 0.4) is 0 Å². The summed E-state index contributed by atoms with van der Waals surface area (Å²) in [5.74, 6) is 0.752. The van der Waals surface area contributed by atoms with Crippen molar-refractivity contribution < 1.29 is 0 Å². The number of nitrogens with zero attached hydrogens (tertiary/aromatic N) is 3. The van der Waals surface area contributed by atoms with E-state index in [1.54, 1.807) is 0 Å². The SMILES string of the molecule is CC1(C)c2ccccc2-c2c1ccc1c3ccccc3n(-c3ccc(-c4nc(-c5ccccc5)c5[c](n4)[Ge]([c]4ccccc4)([c]4ccccc4)[c]4ccccc4-5)cc3)c21. The minimum atomic E-state index is -3.66. The number of benzene rings is 8. The fourth-order valence-electron chi connectivity index (χ4n) is 10.5. The molecule has 2 aliphatic rings. The van der Waals surface area contributed by atoms with Gasteiger partial charge in [-0.25, -0.2) is 0 Å². The van der Waals surface area contributed by atoms with E-state index in [2.05, 4.69) is 219 Å². The number of hydrogen-bond donors (Lipinski definition) is 0. The summed E-state index contributed by atoms with van der Waals surface area (Å²) < 4.78 is 7.81. The molecule has 59 heavy (non-hydrogen) atoms. The number of rotatable bonds is 5. The number of fused-ring (bicyclic) bond motifs is 10. The predicted octanol–water partition coefficient (Wildman–Crippen LogP) is 10.6. The molecule has 0 N–H and O–H groups in total. The molecule has 12 rings (SSSR count). The Morgan fingerprint density at radius 3 is 1.80 bits per heavy atom. The van der Waals surface area contributed by atoms with Crippen molar-refractivity contribution in [3.8, 4) is 50.6 Å². The Bertz CT molecular complexity index is 3240. The van der Waals surface area contributed by atoms with Gasteiger partial charge in [0.25, 0.3) is 0 Å². The van der Waals surface area contributed by atoms with Crippen LogP contribution in [0.25, 0.3) is 72.4 Å². The van der Waals surface area contributed by atoms with Crippen LogP contribution in [0.1, 0.15) is 25.0 Å². The summed E-state index contributed by atoms with van der Waals surface area (Å²) in [6.45, 7) is 4.72. The molecule has 0 amide bonds. The topological polar surface area (TPSA) is 30.7 Å². The molecule has 1 aliphatic heterocycles. The van der Waals surface area contributed by atoms with E-state index < -0.39 is 13.3 Å². The summed E-state index contributed by atoms with van der Waals surface area (Å²) in [5.41, 5.74) is 14.4. The summed E-state index contributed by atoms with van der Waals surface area (Å²) in [7, 11) is 0. The van der Waals surface area contributed by atoms with Gasteiger partial charge >= 0.3 is 316 Å². The van der Waals surface area contributed by atoms with Crippen molar-refractivity contribution in [1.29, 1.82) is 0 Å². The molecular weight excluding hydrogens is 775 g/mol. The number of hydrogen-bond acceptors (Lipinski definition) is 2. The van der Waals surface area contributed by atoms with Gasteiger partial charge in [-0.2, -0.15) is 0 Å². The molecule has 3 nitrogen and oxygen atoms in total. The van der Waals surface area contributed by atoms with Gasteiger partial charge in [0, 0.05) is 0 Å². The zero-order valence-electron chi connectivity index (χ0n) is 32.9. The first-order chi connectivity index (χ1) is 29.0. The molecule has 0 atom stereocenters. The average molecular weight is 815 g/mol. The van der Waals surface area contributed by atoms with Crippen LogP contribution in [0.2, 0.25) is 0 Å². The first-order valence-electron chi connectivity index (χ1n) is 20.5. The summed E-state index contributed by atoms with van der Waals surface area (Å²) in [6.07, 6.45) is 0. The third kappa shape index (κ3) is 4.77. The molecule has 8 aromatic carbocycles. The molecule has 278 valence electrons. The second-order valence-electron chi connectivity index (χ2n) is 16.5. The summed E-state index contributed by atoms with van der Waals surface area (Å²) >= 11 is -3.66. The van der Waals surface area contributed by atoms with Gasteiger partial charge in [0.2, 0.25) is 0 Å². The van der Waals surface area contributed by atoms with E-state index in [1.165, 1.54) is 72.9 Å². The quantitative estimate of drug-likeness (QED) is 0.162. The van der Waals surface area contributed by atoms with Gasteiger partial charge in [-0.05, 0) is 0 Å². The molecule has 4 heteroatoms. The van der Waals surface area contributed by atoms with E-state index >= 15 is 0 Å². The molecule has 0 radical (unpaired) electrons. The van der Waals surface area contributed by atoms with Gasteiger partial charge in [0.1, 0.15) is 0 Å². The van der Waals surface area contributed by atoms with Crippen molar-refractivity contribution in [1.82, 2.24) is 14.5 Å². The first-order valence-corrected chi connectivity index (χ1v) is 24.7. The van der Waals surface area contributed by atoms with Crippen molar-refractivity contribution in [3.63, 3.8) is 0 Å². The molecule has 0 saturated carbocycles. The van der Waals surface area contributed by atoms with Crippen molar-refractivity contribution in [2.75, 3.05) is 0 Å². The van der Waals surface area contributed by atoms with E-state index in [4.69, 9.17) is 9.97 Å². The van der Waals surface area contributed by atoms with Crippen LogP contribution in [0.5, 0.6) is 0 Å². The van der Waals surface area contributed by atoms with Crippen LogP contribution >= 0.6 is 0 Å². The molecular formula is C55H39GeN3. The summed E-state index contributed by atoms with van der Waals surface area (Å²) in [6, 6.07) is 73.5. The van der Waals surface area contributed by atoms with Gasteiger partial charge in [-0.1, -0.05) is 32.0 Å². The van der Waals surface area contributed by atoms with E-state index in [0.717, 1.165) is 28.3 Å². The third-order valence-corrected chi connectivity index (χ3v) is 23.0. The Balaban J connectivity index is 1.11. The van der Waals surface area contributed by atoms with E-state index in [-0.39, 0.29) is 5.41 Å². The van der Waals surface area contributed by atoms with Crippen LogP contribution < -0.4 is 17.7 Å². The number of para-hydroxylation sites is 1. The monoisotopic (exact) mass is 815 g/mol. The molecule has 0 bridgehead atoms. The minimum absolute atomic E-state index is 0.0918. The molecule has 0 fully saturated rings. The van der Waals surface area contributed by atoms with Gasteiger partial charge in [0.15, 0.2) is 0 Å². The third-order valence-electron chi connectivity index (χ3n) is 13.1. The molecule has 0 spiro atoms. The molecule has 10 aromatic rings.